The van der Waals surface area contributed by atoms with E-state index in [2.05, 4.69) is 10.3 Å². The molecule has 0 spiro atoms. The van der Waals surface area contributed by atoms with Crippen LogP contribution in [0.5, 0.6) is 0 Å². The highest BCUT2D eigenvalue weighted by Crippen LogP contribution is 2.23. The highest BCUT2D eigenvalue weighted by Gasteiger charge is 2.15. The quantitative estimate of drug-likeness (QED) is 0.841. The molecule has 20 heavy (non-hydrogen) atoms. The number of hydrogen-bond acceptors (Lipinski definition) is 4. The molecular weight excluding hydrogens is 259 g/mol. The number of nitrogens with zero attached hydrogens (tertiary/aromatic N) is 2. The lowest BCUT2D eigenvalue weighted by Gasteiger charge is -2.17. The van der Waals surface area contributed by atoms with E-state index in [4.69, 9.17) is 5.73 Å². The Morgan fingerprint density at radius 2 is 2.10 bits per heavy atom. The van der Waals surface area contributed by atoms with E-state index in [1.807, 2.05) is 14.1 Å². The number of nitrogen functional groups attached to an aromatic ring is 1. The number of aromatic nitrogens is 1. The van der Waals surface area contributed by atoms with Gasteiger partial charge in [-0.3, -0.25) is 9.78 Å². The van der Waals surface area contributed by atoms with Gasteiger partial charge in [-0.15, -0.1) is 0 Å². The van der Waals surface area contributed by atoms with Crippen LogP contribution in [0.25, 0.3) is 0 Å². The van der Waals surface area contributed by atoms with Crippen LogP contribution in [0.4, 0.5) is 21.5 Å². The van der Waals surface area contributed by atoms with Crippen LogP contribution < -0.4 is 16.0 Å². The van der Waals surface area contributed by atoms with E-state index in [1.165, 1.54) is 12.3 Å². The Morgan fingerprint density at radius 1 is 1.35 bits per heavy atom. The molecule has 2 aromatic rings. The summed E-state index contributed by atoms with van der Waals surface area (Å²) in [7, 11) is 3.63. The Balaban J connectivity index is 2.34. The monoisotopic (exact) mass is 274 g/mol. The van der Waals surface area contributed by atoms with Crippen molar-refractivity contribution in [2.24, 2.45) is 0 Å². The highest BCUT2D eigenvalue weighted by atomic mass is 19.1. The van der Waals surface area contributed by atoms with Crippen LogP contribution in [0.15, 0.2) is 36.7 Å². The number of nitrogens with one attached hydrogen (secondary N) is 1. The highest BCUT2D eigenvalue weighted by molar-refractivity contribution is 6.08. The summed E-state index contributed by atoms with van der Waals surface area (Å²) in [6.07, 6.45) is 2.45. The van der Waals surface area contributed by atoms with Gasteiger partial charge in [0.1, 0.15) is 0 Å². The van der Waals surface area contributed by atoms with Gasteiger partial charge in [0.05, 0.1) is 17.4 Å². The van der Waals surface area contributed by atoms with Gasteiger partial charge in [0, 0.05) is 31.7 Å². The minimum Gasteiger partial charge on any atom is -0.399 e. The molecule has 2 rings (SSSR count). The van der Waals surface area contributed by atoms with Crippen LogP contribution in [-0.2, 0) is 0 Å². The fourth-order valence-corrected chi connectivity index (χ4v) is 1.79. The first-order valence-electron chi connectivity index (χ1n) is 5.96. The maximum Gasteiger partial charge on any atom is 0.257 e. The molecule has 1 aromatic heterocycles. The molecule has 3 N–H and O–H groups in total. The van der Waals surface area contributed by atoms with Crippen molar-refractivity contribution in [3.8, 4) is 0 Å². The molecule has 1 amide bonds. The lowest BCUT2D eigenvalue weighted by molar-refractivity contribution is 0.102. The molecule has 0 unspecified atom stereocenters. The molecule has 1 aromatic carbocycles. The van der Waals surface area contributed by atoms with Gasteiger partial charge in [-0.25, -0.2) is 4.39 Å². The number of hydrogen-bond donors (Lipinski definition) is 2. The summed E-state index contributed by atoms with van der Waals surface area (Å²) >= 11 is 0. The van der Waals surface area contributed by atoms with E-state index in [9.17, 15) is 9.18 Å². The average Bonchev–Trinajstić information content (AvgIpc) is 2.40. The van der Waals surface area contributed by atoms with Gasteiger partial charge < -0.3 is 16.0 Å². The molecule has 0 aliphatic carbocycles. The number of halogens is 1. The summed E-state index contributed by atoms with van der Waals surface area (Å²) < 4.78 is 13.5. The van der Waals surface area contributed by atoms with Gasteiger partial charge in [-0.1, -0.05) is 0 Å². The molecular formula is C14H15FN4O. The molecule has 0 aliphatic rings. The van der Waals surface area contributed by atoms with Gasteiger partial charge in [0.25, 0.3) is 5.91 Å². The molecule has 1 heterocycles. The number of carbonyl (C=O) groups excluding carboxylic acids is 1. The number of benzene rings is 1. The Morgan fingerprint density at radius 3 is 2.75 bits per heavy atom. The van der Waals surface area contributed by atoms with E-state index in [0.29, 0.717) is 16.9 Å². The van der Waals surface area contributed by atoms with Gasteiger partial charge in [-0.2, -0.15) is 0 Å². The zero-order valence-corrected chi connectivity index (χ0v) is 11.2. The smallest absolute Gasteiger partial charge is 0.257 e. The normalized spacial score (nSPS) is 10.2. The van der Waals surface area contributed by atoms with E-state index in [-0.39, 0.29) is 5.69 Å². The zero-order valence-electron chi connectivity index (χ0n) is 11.2. The number of pyridine rings is 1. The lowest BCUT2D eigenvalue weighted by Crippen LogP contribution is -2.19. The Labute approximate surface area is 116 Å². The molecule has 5 nitrogen and oxygen atoms in total. The predicted octanol–water partition coefficient (Wildman–Crippen LogP) is 2.12. The molecule has 0 fully saturated rings. The zero-order chi connectivity index (χ0) is 14.7. The molecule has 104 valence electrons. The van der Waals surface area contributed by atoms with Gasteiger partial charge in [0.15, 0.2) is 5.82 Å². The summed E-state index contributed by atoms with van der Waals surface area (Å²) in [6, 6.07) is 6.41. The standard InChI is InChI=1S/C14H15FN4O/c1-19(2)13-4-3-9(16)7-10(13)14(20)18-12-5-6-17-8-11(12)15/h3-8H,16H2,1-2H3,(H,17,18,20). The fraction of sp³-hybridized carbons (Fsp3) is 0.143. The first kappa shape index (κ1) is 13.8. The Hall–Kier alpha value is -2.63. The fourth-order valence-electron chi connectivity index (χ4n) is 1.79. The topological polar surface area (TPSA) is 71.2 Å². The average molecular weight is 274 g/mol. The van der Waals surface area contributed by atoms with E-state index in [1.54, 1.807) is 23.1 Å². The molecule has 0 radical (unpaired) electrons. The number of amides is 1. The van der Waals surface area contributed by atoms with Crippen molar-refractivity contribution < 1.29 is 9.18 Å². The van der Waals surface area contributed by atoms with Crippen LogP contribution in [0.2, 0.25) is 0 Å². The number of anilines is 3. The van der Waals surface area contributed by atoms with Crippen molar-refractivity contribution in [1.82, 2.24) is 4.98 Å². The second-order valence-electron chi connectivity index (χ2n) is 4.48. The maximum atomic E-state index is 13.5. The molecule has 0 saturated carbocycles. The summed E-state index contributed by atoms with van der Waals surface area (Å²) in [5, 5.41) is 2.51. The second kappa shape index (κ2) is 5.56. The minimum absolute atomic E-state index is 0.0807. The summed E-state index contributed by atoms with van der Waals surface area (Å²) in [5.74, 6) is -1.01. The minimum atomic E-state index is -0.587. The number of carbonyl (C=O) groups is 1. The molecule has 0 bridgehead atoms. The first-order valence-corrected chi connectivity index (χ1v) is 5.96. The van der Waals surface area contributed by atoms with Gasteiger partial charge in [-0.05, 0) is 24.3 Å². The van der Waals surface area contributed by atoms with Crippen LogP contribution >= 0.6 is 0 Å². The lowest BCUT2D eigenvalue weighted by atomic mass is 10.1. The van der Waals surface area contributed by atoms with E-state index < -0.39 is 11.7 Å². The van der Waals surface area contributed by atoms with E-state index >= 15 is 0 Å². The van der Waals surface area contributed by atoms with Crippen LogP contribution in [-0.4, -0.2) is 25.0 Å². The van der Waals surface area contributed by atoms with Crippen molar-refractivity contribution in [2.45, 2.75) is 0 Å². The third-order valence-corrected chi connectivity index (χ3v) is 2.77. The van der Waals surface area contributed by atoms with Crippen molar-refractivity contribution >= 4 is 23.0 Å². The van der Waals surface area contributed by atoms with Gasteiger partial charge in [0.2, 0.25) is 0 Å². The van der Waals surface area contributed by atoms with Crippen molar-refractivity contribution in [1.29, 1.82) is 0 Å². The van der Waals surface area contributed by atoms with Crippen molar-refractivity contribution in [3.63, 3.8) is 0 Å². The second-order valence-corrected chi connectivity index (χ2v) is 4.48. The van der Waals surface area contributed by atoms with Gasteiger partial charge >= 0.3 is 0 Å². The summed E-state index contributed by atoms with van der Waals surface area (Å²) in [4.78, 5) is 17.7. The molecule has 6 heteroatoms. The Kier molecular flexibility index (Phi) is 3.84. The number of nitrogens with two attached hydrogens (primary N) is 1. The van der Waals surface area contributed by atoms with Crippen LogP contribution in [0, 0.1) is 5.82 Å². The SMILES string of the molecule is CN(C)c1ccc(N)cc1C(=O)Nc1ccncc1F. The maximum absolute atomic E-state index is 13.5. The van der Waals surface area contributed by atoms with Crippen LogP contribution in [0.3, 0.4) is 0 Å². The summed E-state index contributed by atoms with van der Waals surface area (Å²) in [5.41, 5.74) is 7.34. The number of rotatable bonds is 3. The summed E-state index contributed by atoms with van der Waals surface area (Å²) in [6.45, 7) is 0. The first-order chi connectivity index (χ1) is 9.49. The Bertz CT molecular complexity index is 643. The third-order valence-electron chi connectivity index (χ3n) is 2.77. The molecule has 0 atom stereocenters. The van der Waals surface area contributed by atoms with Crippen molar-refractivity contribution in [3.05, 3.63) is 48.0 Å². The largest absolute Gasteiger partial charge is 0.399 e. The predicted molar refractivity (Wildman–Crippen MR) is 77.3 cm³/mol. The van der Waals surface area contributed by atoms with Crippen LogP contribution in [0.1, 0.15) is 10.4 Å². The van der Waals surface area contributed by atoms with E-state index in [0.717, 1.165) is 6.20 Å². The molecule has 0 saturated heterocycles. The van der Waals surface area contributed by atoms with Crippen molar-refractivity contribution in [2.75, 3.05) is 30.0 Å². The third kappa shape index (κ3) is 2.85. The molecule has 0 aliphatic heterocycles.